The Morgan fingerprint density at radius 1 is 1.21 bits per heavy atom. The quantitative estimate of drug-likeness (QED) is 0.910. The van der Waals surface area contributed by atoms with Crippen molar-refractivity contribution >= 4 is 0 Å². The molecule has 0 radical (unpaired) electrons. The highest BCUT2D eigenvalue weighted by Gasteiger charge is 2.12. The maximum absolute atomic E-state index is 4.48. The van der Waals surface area contributed by atoms with E-state index in [4.69, 9.17) is 0 Å². The minimum Gasteiger partial charge on any atom is -0.310 e. The van der Waals surface area contributed by atoms with Crippen molar-refractivity contribution in [3.05, 3.63) is 41.2 Å². The van der Waals surface area contributed by atoms with Gasteiger partial charge in [-0.2, -0.15) is 5.10 Å². The maximum Gasteiger partial charge on any atom is 0.0674 e. The van der Waals surface area contributed by atoms with Gasteiger partial charge in [0.25, 0.3) is 0 Å². The van der Waals surface area contributed by atoms with Crippen LogP contribution in [0.5, 0.6) is 0 Å². The van der Waals surface area contributed by atoms with Crippen molar-refractivity contribution in [1.82, 2.24) is 15.1 Å². The first kappa shape index (κ1) is 13.8. The Balaban J connectivity index is 2.32. The molecule has 1 heterocycles. The first-order valence-corrected chi connectivity index (χ1v) is 6.88. The molecule has 1 unspecified atom stereocenters. The summed E-state index contributed by atoms with van der Waals surface area (Å²) < 4.78 is 1.94. The second-order valence-electron chi connectivity index (χ2n) is 5.07. The van der Waals surface area contributed by atoms with Gasteiger partial charge >= 0.3 is 0 Å². The van der Waals surface area contributed by atoms with Crippen LogP contribution in [0.2, 0.25) is 0 Å². The number of aryl methyl sites for hydroxylation is 2. The molecule has 1 aromatic carbocycles. The number of hydrogen-bond donors (Lipinski definition) is 1. The Morgan fingerprint density at radius 2 is 1.84 bits per heavy atom. The van der Waals surface area contributed by atoms with Crippen LogP contribution in [0, 0.1) is 13.8 Å². The molecule has 0 aliphatic carbocycles. The van der Waals surface area contributed by atoms with Crippen molar-refractivity contribution in [3.63, 3.8) is 0 Å². The summed E-state index contributed by atoms with van der Waals surface area (Å²) in [7, 11) is 1.99. The summed E-state index contributed by atoms with van der Waals surface area (Å²) in [6.07, 6.45) is 0. The van der Waals surface area contributed by atoms with Gasteiger partial charge in [0.15, 0.2) is 0 Å². The molecule has 0 aliphatic rings. The Bertz CT molecular complexity index is 552. The monoisotopic (exact) mass is 257 g/mol. The highest BCUT2D eigenvalue weighted by Crippen LogP contribution is 2.27. The zero-order chi connectivity index (χ0) is 14.0. The van der Waals surface area contributed by atoms with Crippen molar-refractivity contribution in [2.24, 2.45) is 7.05 Å². The smallest absolute Gasteiger partial charge is 0.0674 e. The molecular weight excluding hydrogens is 234 g/mol. The number of nitrogens with one attached hydrogen (secondary N) is 1. The maximum atomic E-state index is 4.48. The van der Waals surface area contributed by atoms with Gasteiger partial charge in [0, 0.05) is 24.3 Å². The zero-order valence-electron chi connectivity index (χ0n) is 12.5. The number of nitrogens with zero attached hydrogens (tertiary/aromatic N) is 2. The first-order valence-electron chi connectivity index (χ1n) is 6.88. The molecule has 3 nitrogen and oxygen atoms in total. The predicted octanol–water partition coefficient (Wildman–Crippen LogP) is 3.37. The molecule has 2 aromatic rings. The molecule has 0 saturated heterocycles. The summed E-state index contributed by atoms with van der Waals surface area (Å²) in [4.78, 5) is 0. The van der Waals surface area contributed by atoms with E-state index in [2.05, 4.69) is 62.4 Å². The number of benzene rings is 1. The van der Waals surface area contributed by atoms with Crippen LogP contribution in [-0.4, -0.2) is 16.3 Å². The Labute approximate surface area is 115 Å². The van der Waals surface area contributed by atoms with Gasteiger partial charge in [-0.25, -0.2) is 0 Å². The normalized spacial score (nSPS) is 12.7. The molecule has 1 aromatic heterocycles. The molecular formula is C16H23N3. The van der Waals surface area contributed by atoms with Gasteiger partial charge in [-0.05, 0) is 38.4 Å². The van der Waals surface area contributed by atoms with E-state index >= 15 is 0 Å². The molecule has 0 amide bonds. The standard InChI is InChI=1S/C16H23N3/c1-6-17-11(2)14-7-9-15(10-8-14)16-12(3)18-19(5)13(16)4/h7-11,17H,6H2,1-5H3. The van der Waals surface area contributed by atoms with Crippen LogP contribution < -0.4 is 5.32 Å². The highest BCUT2D eigenvalue weighted by molar-refractivity contribution is 5.68. The van der Waals surface area contributed by atoms with Crippen LogP contribution in [0.1, 0.15) is 36.8 Å². The molecule has 0 saturated carbocycles. The van der Waals surface area contributed by atoms with Crippen molar-refractivity contribution in [3.8, 4) is 11.1 Å². The Morgan fingerprint density at radius 3 is 2.32 bits per heavy atom. The molecule has 2 rings (SSSR count). The lowest BCUT2D eigenvalue weighted by atomic mass is 10.00. The molecule has 0 bridgehead atoms. The third kappa shape index (κ3) is 2.71. The third-order valence-electron chi connectivity index (χ3n) is 3.72. The van der Waals surface area contributed by atoms with Crippen molar-refractivity contribution in [1.29, 1.82) is 0 Å². The molecule has 0 fully saturated rings. The van der Waals surface area contributed by atoms with Crippen LogP contribution in [0.4, 0.5) is 0 Å². The van der Waals surface area contributed by atoms with Gasteiger partial charge < -0.3 is 5.32 Å². The summed E-state index contributed by atoms with van der Waals surface area (Å²) in [5.74, 6) is 0. The highest BCUT2D eigenvalue weighted by atomic mass is 15.3. The summed E-state index contributed by atoms with van der Waals surface area (Å²) in [6, 6.07) is 9.19. The number of rotatable bonds is 4. The van der Waals surface area contributed by atoms with Crippen molar-refractivity contribution in [2.75, 3.05) is 6.54 Å². The van der Waals surface area contributed by atoms with E-state index in [1.807, 2.05) is 11.7 Å². The third-order valence-corrected chi connectivity index (χ3v) is 3.72. The lowest BCUT2D eigenvalue weighted by Crippen LogP contribution is -2.17. The van der Waals surface area contributed by atoms with E-state index in [0.717, 1.165) is 12.2 Å². The molecule has 0 aliphatic heterocycles. The van der Waals surface area contributed by atoms with E-state index in [1.54, 1.807) is 0 Å². The van der Waals surface area contributed by atoms with Crippen molar-refractivity contribution < 1.29 is 0 Å². The summed E-state index contributed by atoms with van der Waals surface area (Å²) >= 11 is 0. The second-order valence-corrected chi connectivity index (χ2v) is 5.07. The number of aromatic nitrogens is 2. The molecule has 1 N–H and O–H groups in total. The predicted molar refractivity (Wildman–Crippen MR) is 80.2 cm³/mol. The van der Waals surface area contributed by atoms with E-state index in [-0.39, 0.29) is 0 Å². The van der Waals surface area contributed by atoms with Crippen LogP contribution in [0.3, 0.4) is 0 Å². The van der Waals surface area contributed by atoms with Gasteiger partial charge in [-0.1, -0.05) is 31.2 Å². The largest absolute Gasteiger partial charge is 0.310 e. The Hall–Kier alpha value is -1.61. The van der Waals surface area contributed by atoms with Crippen LogP contribution in [0.15, 0.2) is 24.3 Å². The number of hydrogen-bond acceptors (Lipinski definition) is 2. The molecule has 0 spiro atoms. The van der Waals surface area contributed by atoms with E-state index in [9.17, 15) is 0 Å². The fourth-order valence-electron chi connectivity index (χ4n) is 2.55. The van der Waals surface area contributed by atoms with E-state index in [0.29, 0.717) is 6.04 Å². The van der Waals surface area contributed by atoms with Crippen LogP contribution in [-0.2, 0) is 7.05 Å². The Kier molecular flexibility index (Phi) is 4.05. The lowest BCUT2D eigenvalue weighted by Gasteiger charge is -2.13. The molecule has 102 valence electrons. The summed E-state index contributed by atoms with van der Waals surface area (Å²) in [5.41, 5.74) is 6.13. The van der Waals surface area contributed by atoms with Gasteiger partial charge in [0.1, 0.15) is 0 Å². The van der Waals surface area contributed by atoms with Gasteiger partial charge in [-0.3, -0.25) is 4.68 Å². The summed E-state index contributed by atoms with van der Waals surface area (Å²) in [5, 5.41) is 7.91. The molecule has 3 heteroatoms. The topological polar surface area (TPSA) is 29.9 Å². The fourth-order valence-corrected chi connectivity index (χ4v) is 2.55. The van der Waals surface area contributed by atoms with Crippen LogP contribution in [0.25, 0.3) is 11.1 Å². The minimum atomic E-state index is 0.398. The lowest BCUT2D eigenvalue weighted by molar-refractivity contribution is 0.598. The van der Waals surface area contributed by atoms with Gasteiger partial charge in [0.05, 0.1) is 5.69 Å². The first-order chi connectivity index (χ1) is 9.04. The van der Waals surface area contributed by atoms with Gasteiger partial charge in [-0.15, -0.1) is 0 Å². The second kappa shape index (κ2) is 5.57. The molecule has 19 heavy (non-hydrogen) atoms. The molecule has 1 atom stereocenters. The summed E-state index contributed by atoms with van der Waals surface area (Å²) in [6.45, 7) is 9.50. The van der Waals surface area contributed by atoms with Crippen molar-refractivity contribution in [2.45, 2.75) is 33.7 Å². The minimum absolute atomic E-state index is 0.398. The fraction of sp³-hybridized carbons (Fsp3) is 0.438. The SMILES string of the molecule is CCNC(C)c1ccc(-c2c(C)nn(C)c2C)cc1. The zero-order valence-corrected chi connectivity index (χ0v) is 12.5. The average Bonchev–Trinajstić information content (AvgIpc) is 2.64. The van der Waals surface area contributed by atoms with Gasteiger partial charge in [0.2, 0.25) is 0 Å². The average molecular weight is 257 g/mol. The van der Waals surface area contributed by atoms with E-state index in [1.165, 1.54) is 22.4 Å². The van der Waals surface area contributed by atoms with E-state index < -0.39 is 0 Å². The van der Waals surface area contributed by atoms with Crippen LogP contribution >= 0.6 is 0 Å².